The minimum absolute atomic E-state index is 0.0595. The van der Waals surface area contributed by atoms with Crippen LogP contribution in [-0.2, 0) is 25.1 Å². The summed E-state index contributed by atoms with van der Waals surface area (Å²) in [5.74, 6) is 1.14. The Morgan fingerprint density at radius 1 is 1.26 bits per heavy atom. The van der Waals surface area contributed by atoms with Crippen LogP contribution in [-0.4, -0.2) is 18.9 Å². The molecular formula is C23H24N4O2S2. The highest BCUT2D eigenvalue weighted by Crippen LogP contribution is 2.36. The fraction of sp³-hybridized carbons (Fsp3) is 0.391. The van der Waals surface area contributed by atoms with Gasteiger partial charge in [0.25, 0.3) is 11.1 Å². The molecule has 1 aliphatic rings. The topological polar surface area (TPSA) is 69.3 Å². The van der Waals surface area contributed by atoms with Crippen LogP contribution in [0.4, 0.5) is 0 Å². The van der Waals surface area contributed by atoms with Gasteiger partial charge in [-0.15, -0.1) is 11.3 Å². The number of pyridine rings is 1. The Bertz CT molecular complexity index is 1430. The molecular weight excluding hydrogens is 428 g/mol. The summed E-state index contributed by atoms with van der Waals surface area (Å²) in [6.45, 7) is 6.79. The first kappa shape index (κ1) is 20.5. The van der Waals surface area contributed by atoms with E-state index >= 15 is 0 Å². The summed E-state index contributed by atoms with van der Waals surface area (Å²) in [5.41, 5.74) is 3.56. The zero-order chi connectivity index (χ0) is 21.7. The largest absolute Gasteiger partial charge is 0.287 e. The molecule has 6 nitrogen and oxygen atoms in total. The predicted molar refractivity (Wildman–Crippen MR) is 127 cm³/mol. The van der Waals surface area contributed by atoms with Gasteiger partial charge in [-0.1, -0.05) is 18.7 Å². The molecule has 1 unspecified atom stereocenters. The van der Waals surface area contributed by atoms with Gasteiger partial charge in [0.2, 0.25) is 0 Å². The molecule has 0 fully saturated rings. The van der Waals surface area contributed by atoms with Crippen molar-refractivity contribution in [3.8, 4) is 0 Å². The molecule has 0 radical (unpaired) electrons. The minimum atomic E-state index is -0.100. The van der Waals surface area contributed by atoms with Gasteiger partial charge in [0, 0.05) is 29.4 Å². The van der Waals surface area contributed by atoms with E-state index in [0.29, 0.717) is 34.7 Å². The Labute approximate surface area is 188 Å². The molecule has 0 saturated carbocycles. The number of aryl methyl sites for hydroxylation is 2. The van der Waals surface area contributed by atoms with Crippen LogP contribution >= 0.6 is 23.1 Å². The first-order valence-corrected chi connectivity index (χ1v) is 12.4. The molecule has 0 aliphatic heterocycles. The Morgan fingerprint density at radius 3 is 2.90 bits per heavy atom. The van der Waals surface area contributed by atoms with E-state index in [4.69, 9.17) is 4.98 Å². The highest BCUT2D eigenvalue weighted by atomic mass is 32.2. The number of nitrogens with zero attached hydrogens (tertiary/aromatic N) is 4. The summed E-state index contributed by atoms with van der Waals surface area (Å²) in [4.78, 5) is 37.5. The molecule has 31 heavy (non-hydrogen) atoms. The van der Waals surface area contributed by atoms with Crippen molar-refractivity contribution >= 4 is 39.0 Å². The average Bonchev–Trinajstić information content (AvgIpc) is 3.09. The lowest BCUT2D eigenvalue weighted by atomic mass is 9.89. The van der Waals surface area contributed by atoms with Crippen molar-refractivity contribution in [2.24, 2.45) is 5.92 Å². The number of thioether (sulfide) groups is 1. The Balaban J connectivity index is 1.53. The molecule has 160 valence electrons. The van der Waals surface area contributed by atoms with E-state index in [9.17, 15) is 9.59 Å². The van der Waals surface area contributed by atoms with Gasteiger partial charge in [-0.05, 0) is 62.3 Å². The van der Waals surface area contributed by atoms with Crippen LogP contribution in [0.1, 0.15) is 42.0 Å². The maximum absolute atomic E-state index is 13.3. The van der Waals surface area contributed by atoms with E-state index in [1.165, 1.54) is 22.2 Å². The van der Waals surface area contributed by atoms with E-state index < -0.39 is 0 Å². The number of thiophene rings is 1. The van der Waals surface area contributed by atoms with Gasteiger partial charge >= 0.3 is 0 Å². The first-order valence-electron chi connectivity index (χ1n) is 10.6. The van der Waals surface area contributed by atoms with E-state index in [2.05, 4.69) is 11.9 Å². The minimum Gasteiger partial charge on any atom is -0.287 e. The summed E-state index contributed by atoms with van der Waals surface area (Å²) in [7, 11) is 0. The van der Waals surface area contributed by atoms with Gasteiger partial charge in [0.15, 0.2) is 5.16 Å². The number of aromatic nitrogens is 4. The Hall–Kier alpha value is -2.45. The molecule has 4 aromatic heterocycles. The second-order valence-electron chi connectivity index (χ2n) is 8.28. The lowest BCUT2D eigenvalue weighted by molar-refractivity contribution is 0.509. The average molecular weight is 453 g/mol. The third-order valence-electron chi connectivity index (χ3n) is 5.92. The van der Waals surface area contributed by atoms with Crippen LogP contribution in [0.2, 0.25) is 0 Å². The molecule has 0 spiro atoms. The van der Waals surface area contributed by atoms with Gasteiger partial charge in [-0.2, -0.15) is 0 Å². The van der Waals surface area contributed by atoms with E-state index in [-0.39, 0.29) is 11.1 Å². The number of rotatable bonds is 4. The van der Waals surface area contributed by atoms with Gasteiger partial charge in [-0.25, -0.2) is 9.97 Å². The lowest BCUT2D eigenvalue weighted by Gasteiger charge is -2.17. The van der Waals surface area contributed by atoms with Crippen LogP contribution in [0.3, 0.4) is 0 Å². The van der Waals surface area contributed by atoms with Crippen LogP contribution in [0.15, 0.2) is 39.1 Å². The summed E-state index contributed by atoms with van der Waals surface area (Å²) >= 11 is 3.14. The van der Waals surface area contributed by atoms with E-state index in [1.54, 1.807) is 32.6 Å². The van der Waals surface area contributed by atoms with Crippen molar-refractivity contribution in [1.82, 2.24) is 18.9 Å². The predicted octanol–water partition coefficient (Wildman–Crippen LogP) is 4.21. The molecule has 0 bridgehead atoms. The van der Waals surface area contributed by atoms with Gasteiger partial charge in [0.1, 0.15) is 10.5 Å². The van der Waals surface area contributed by atoms with Gasteiger partial charge in [0.05, 0.1) is 11.1 Å². The monoisotopic (exact) mass is 452 g/mol. The van der Waals surface area contributed by atoms with Gasteiger partial charge in [-0.3, -0.25) is 18.6 Å². The van der Waals surface area contributed by atoms with Gasteiger partial charge < -0.3 is 0 Å². The molecule has 8 heteroatoms. The SMILES string of the molecule is CCn1c(SCc2cc(=O)n3ccc(C)cc3n2)nc2sc3c(c2c1=O)CCC(C)C3. The first-order chi connectivity index (χ1) is 14.9. The molecule has 0 N–H and O–H groups in total. The quantitative estimate of drug-likeness (QED) is 0.343. The summed E-state index contributed by atoms with van der Waals surface area (Å²) in [6.07, 6.45) is 4.88. The normalized spacial score (nSPS) is 16.2. The van der Waals surface area contributed by atoms with Crippen molar-refractivity contribution in [2.45, 2.75) is 57.5 Å². The third kappa shape index (κ3) is 3.61. The Morgan fingerprint density at radius 2 is 2.10 bits per heavy atom. The zero-order valence-corrected chi connectivity index (χ0v) is 19.5. The molecule has 1 aliphatic carbocycles. The molecule has 0 aromatic carbocycles. The standard InChI is InChI=1S/C23H24N4O2S2/c1-4-26-22(29)20-16-6-5-13(2)9-17(16)31-21(20)25-23(26)30-12-15-11-19(28)27-8-7-14(3)10-18(27)24-15/h7-8,10-11,13H,4-6,9,12H2,1-3H3. The second kappa shape index (κ2) is 7.91. The van der Waals surface area contributed by atoms with E-state index in [1.807, 2.05) is 26.0 Å². The lowest BCUT2D eigenvalue weighted by Crippen LogP contribution is -2.23. The maximum Gasteiger partial charge on any atom is 0.263 e. The maximum atomic E-state index is 13.3. The van der Waals surface area contributed by atoms with Crippen molar-refractivity contribution in [2.75, 3.05) is 0 Å². The summed E-state index contributed by atoms with van der Waals surface area (Å²) in [6, 6.07) is 5.36. The molecule has 0 saturated heterocycles. The molecule has 0 amide bonds. The highest BCUT2D eigenvalue weighted by Gasteiger charge is 2.24. The van der Waals surface area contributed by atoms with Crippen molar-refractivity contribution in [3.63, 3.8) is 0 Å². The summed E-state index contributed by atoms with van der Waals surface area (Å²) in [5, 5.41) is 1.51. The zero-order valence-electron chi connectivity index (χ0n) is 17.8. The van der Waals surface area contributed by atoms with Crippen LogP contribution in [0.5, 0.6) is 0 Å². The molecule has 4 heterocycles. The number of hydrogen-bond acceptors (Lipinski definition) is 6. The fourth-order valence-corrected chi connectivity index (χ4v) is 6.64. The van der Waals surface area contributed by atoms with Crippen LogP contribution in [0, 0.1) is 12.8 Å². The molecule has 1 atom stereocenters. The van der Waals surface area contributed by atoms with Crippen molar-refractivity contribution < 1.29 is 0 Å². The highest BCUT2D eigenvalue weighted by molar-refractivity contribution is 7.98. The molecule has 4 aromatic rings. The third-order valence-corrected chi connectivity index (χ3v) is 8.08. The molecule has 5 rings (SSSR count). The number of hydrogen-bond donors (Lipinski definition) is 0. The number of fused-ring (bicyclic) bond motifs is 4. The Kier molecular flexibility index (Phi) is 5.22. The van der Waals surface area contributed by atoms with Crippen LogP contribution < -0.4 is 11.1 Å². The van der Waals surface area contributed by atoms with E-state index in [0.717, 1.165) is 35.0 Å². The second-order valence-corrected chi connectivity index (χ2v) is 10.3. The van der Waals surface area contributed by atoms with Crippen molar-refractivity contribution in [1.29, 1.82) is 0 Å². The fourth-order valence-electron chi connectivity index (χ4n) is 4.26. The van der Waals surface area contributed by atoms with Crippen molar-refractivity contribution in [3.05, 3.63) is 66.8 Å². The van der Waals surface area contributed by atoms with Crippen LogP contribution in [0.25, 0.3) is 15.9 Å². The smallest absolute Gasteiger partial charge is 0.263 e. The summed E-state index contributed by atoms with van der Waals surface area (Å²) < 4.78 is 3.31.